The summed E-state index contributed by atoms with van der Waals surface area (Å²) < 4.78 is 7.05. The summed E-state index contributed by atoms with van der Waals surface area (Å²) in [5.41, 5.74) is 0. The van der Waals surface area contributed by atoms with E-state index in [-0.39, 0.29) is 0 Å². The molecule has 4 heteroatoms. The normalized spacial score (nSPS) is 29.0. The first-order chi connectivity index (χ1) is 5.41. The summed E-state index contributed by atoms with van der Waals surface area (Å²) in [6.45, 7) is 10.6. The first-order valence-corrected chi connectivity index (χ1v) is 18.0. The summed E-state index contributed by atoms with van der Waals surface area (Å²) in [6.07, 6.45) is 0. The van der Waals surface area contributed by atoms with Crippen LogP contribution in [0, 0.1) is 0 Å². The van der Waals surface area contributed by atoms with Gasteiger partial charge >= 0.3 is 101 Å². The number of hydrogen-bond acceptors (Lipinski definition) is 0. The van der Waals surface area contributed by atoms with Gasteiger partial charge in [-0.1, -0.05) is 0 Å². The van der Waals surface area contributed by atoms with Gasteiger partial charge in [0, 0.05) is 0 Å². The van der Waals surface area contributed by atoms with E-state index in [0.29, 0.717) is 41.8 Å². The van der Waals surface area contributed by atoms with Crippen molar-refractivity contribution >= 4 is 58.0 Å². The molecular formula is C8H20Si2Te2. The third-order valence-electron chi connectivity index (χ3n) is 1.97. The van der Waals surface area contributed by atoms with Crippen LogP contribution in [0.2, 0.25) is 42.6 Å². The van der Waals surface area contributed by atoms with Crippen molar-refractivity contribution in [2.45, 2.75) is 42.6 Å². The van der Waals surface area contributed by atoms with Gasteiger partial charge in [0.25, 0.3) is 0 Å². The van der Waals surface area contributed by atoms with E-state index in [9.17, 15) is 0 Å². The molecule has 0 aromatic carbocycles. The van der Waals surface area contributed by atoms with E-state index in [1.165, 1.54) is 0 Å². The summed E-state index contributed by atoms with van der Waals surface area (Å²) in [7, 11) is -1.20. The maximum atomic E-state index is 2.64. The summed E-state index contributed by atoms with van der Waals surface area (Å²) in [5.74, 6) is 0. The van der Waals surface area contributed by atoms with Crippen LogP contribution in [0.15, 0.2) is 0 Å². The molecule has 12 heavy (non-hydrogen) atoms. The SMILES string of the molecule is C[Si]1(C)C[Te]C[Si](C)(C)C[Te]C1. The number of hydrogen-bond donors (Lipinski definition) is 0. The average molecular weight is 428 g/mol. The molecule has 1 aliphatic rings. The second-order valence-corrected chi connectivity index (χ2v) is 27.3. The van der Waals surface area contributed by atoms with Crippen molar-refractivity contribution in [2.75, 3.05) is 0 Å². The second kappa shape index (κ2) is 4.69. The minimum atomic E-state index is -0.598. The van der Waals surface area contributed by atoms with Crippen LogP contribution in [-0.2, 0) is 0 Å². The van der Waals surface area contributed by atoms with Crippen molar-refractivity contribution in [2.24, 2.45) is 0 Å². The van der Waals surface area contributed by atoms with E-state index in [1.54, 1.807) is 16.4 Å². The van der Waals surface area contributed by atoms with Crippen molar-refractivity contribution in [3.63, 3.8) is 0 Å². The minimum absolute atomic E-state index is 0.463. The summed E-state index contributed by atoms with van der Waals surface area (Å²) in [4.78, 5) is 0. The molecule has 1 rings (SSSR count). The van der Waals surface area contributed by atoms with E-state index in [4.69, 9.17) is 0 Å². The van der Waals surface area contributed by atoms with Gasteiger partial charge in [-0.2, -0.15) is 0 Å². The van der Waals surface area contributed by atoms with Crippen LogP contribution in [0.1, 0.15) is 0 Å². The van der Waals surface area contributed by atoms with E-state index in [2.05, 4.69) is 26.2 Å². The van der Waals surface area contributed by atoms with E-state index in [1.807, 2.05) is 0 Å². The Morgan fingerprint density at radius 1 is 0.667 bits per heavy atom. The Morgan fingerprint density at radius 2 is 0.917 bits per heavy atom. The molecule has 1 heterocycles. The molecular weight excluding hydrogens is 407 g/mol. The Morgan fingerprint density at radius 3 is 1.17 bits per heavy atom. The first-order valence-electron chi connectivity index (χ1n) is 4.57. The molecule has 1 saturated heterocycles. The molecule has 0 N–H and O–H groups in total. The van der Waals surface area contributed by atoms with Crippen LogP contribution >= 0.6 is 0 Å². The van der Waals surface area contributed by atoms with Crippen molar-refractivity contribution < 1.29 is 0 Å². The Labute approximate surface area is 99.5 Å². The van der Waals surface area contributed by atoms with Crippen LogP contribution in [0.25, 0.3) is 0 Å². The van der Waals surface area contributed by atoms with Gasteiger partial charge in [-0.05, 0) is 0 Å². The predicted octanol–water partition coefficient (Wildman–Crippen LogP) is 2.66. The monoisotopic (exact) mass is 432 g/mol. The Hall–Kier alpha value is 2.01. The first kappa shape index (κ1) is 12.1. The van der Waals surface area contributed by atoms with Crippen LogP contribution in [0.3, 0.4) is 0 Å². The van der Waals surface area contributed by atoms with Gasteiger partial charge in [-0.3, -0.25) is 0 Å². The fraction of sp³-hybridized carbons (Fsp3) is 1.00. The van der Waals surface area contributed by atoms with Crippen LogP contribution in [-0.4, -0.2) is 58.0 Å². The van der Waals surface area contributed by atoms with Gasteiger partial charge in [-0.25, -0.2) is 0 Å². The zero-order chi connectivity index (χ0) is 9.24. The summed E-state index contributed by atoms with van der Waals surface area (Å²) in [6, 6.07) is 0. The molecule has 0 saturated carbocycles. The van der Waals surface area contributed by atoms with E-state index < -0.39 is 16.1 Å². The molecule has 72 valence electrons. The molecule has 0 radical (unpaired) electrons. The third-order valence-corrected chi connectivity index (χ3v) is 39.7. The maximum absolute atomic E-state index is 2.64. The topological polar surface area (TPSA) is 0 Å². The van der Waals surface area contributed by atoms with Crippen LogP contribution in [0.5, 0.6) is 0 Å². The Kier molecular flexibility index (Phi) is 4.72. The van der Waals surface area contributed by atoms with E-state index in [0.717, 1.165) is 0 Å². The molecule has 0 bridgehead atoms. The zero-order valence-corrected chi connectivity index (χ0v) is 15.3. The van der Waals surface area contributed by atoms with Gasteiger partial charge in [-0.15, -0.1) is 0 Å². The fourth-order valence-corrected chi connectivity index (χ4v) is 39.7. The van der Waals surface area contributed by atoms with Crippen molar-refractivity contribution in [1.29, 1.82) is 0 Å². The molecule has 0 unspecified atom stereocenters. The van der Waals surface area contributed by atoms with Gasteiger partial charge in [0.1, 0.15) is 0 Å². The molecule has 1 fully saturated rings. The zero-order valence-electron chi connectivity index (χ0n) is 8.64. The van der Waals surface area contributed by atoms with Gasteiger partial charge in [0.2, 0.25) is 0 Å². The Bertz CT molecular complexity index is 127. The predicted molar refractivity (Wildman–Crippen MR) is 65.7 cm³/mol. The third kappa shape index (κ3) is 4.49. The molecule has 0 spiro atoms. The number of rotatable bonds is 0. The molecule has 0 aromatic rings. The molecule has 1 aliphatic heterocycles. The van der Waals surface area contributed by atoms with Crippen molar-refractivity contribution in [3.05, 3.63) is 0 Å². The van der Waals surface area contributed by atoms with Gasteiger partial charge in [0.15, 0.2) is 0 Å². The van der Waals surface area contributed by atoms with Crippen LogP contribution < -0.4 is 0 Å². The Balaban J connectivity index is 2.45. The molecule has 0 amide bonds. The van der Waals surface area contributed by atoms with Gasteiger partial charge < -0.3 is 0 Å². The molecule has 0 atom stereocenters. The summed E-state index contributed by atoms with van der Waals surface area (Å²) >= 11 is 0.927. The molecule has 0 nitrogen and oxygen atoms in total. The van der Waals surface area contributed by atoms with Gasteiger partial charge in [0.05, 0.1) is 0 Å². The molecule has 0 aromatic heterocycles. The van der Waals surface area contributed by atoms with Crippen molar-refractivity contribution in [3.8, 4) is 0 Å². The standard InChI is InChI=1S/C8H20Si2Te2/c1-9(2)5-11-7-10(3,4)8-12-6-9/h5-8H2,1-4H3. The summed E-state index contributed by atoms with van der Waals surface area (Å²) in [5, 5.41) is 0. The quantitative estimate of drug-likeness (QED) is 0.522. The van der Waals surface area contributed by atoms with Crippen molar-refractivity contribution in [1.82, 2.24) is 0 Å². The average Bonchev–Trinajstić information content (AvgIpc) is 1.82. The second-order valence-electron chi connectivity index (χ2n) is 5.31. The fourth-order valence-electron chi connectivity index (χ4n) is 1.29. The van der Waals surface area contributed by atoms with E-state index >= 15 is 0 Å². The van der Waals surface area contributed by atoms with Crippen LogP contribution in [0.4, 0.5) is 0 Å². The molecule has 0 aliphatic carbocycles.